The van der Waals surface area contributed by atoms with Crippen LogP contribution in [0.5, 0.6) is 5.75 Å². The largest absolute Gasteiger partial charge is 0.490 e. The molecule has 2 nitrogen and oxygen atoms in total. The van der Waals surface area contributed by atoms with Crippen LogP contribution in [0.15, 0.2) is 42.5 Å². The second-order valence-electron chi connectivity index (χ2n) is 5.44. The fourth-order valence-electron chi connectivity index (χ4n) is 2.66. The van der Waals surface area contributed by atoms with E-state index in [-0.39, 0.29) is 18.0 Å². The van der Waals surface area contributed by atoms with Crippen molar-refractivity contribution < 1.29 is 9.13 Å². The summed E-state index contributed by atoms with van der Waals surface area (Å²) in [5, 5.41) is 0. The Morgan fingerprint density at radius 1 is 1.25 bits per heavy atom. The topological polar surface area (TPSA) is 35.2 Å². The van der Waals surface area contributed by atoms with E-state index in [0.717, 1.165) is 23.3 Å². The van der Waals surface area contributed by atoms with Gasteiger partial charge >= 0.3 is 0 Å². The Labute approximate surface area is 118 Å². The Hall–Kier alpha value is -1.87. The molecule has 0 spiro atoms. The van der Waals surface area contributed by atoms with Crippen LogP contribution in [0.3, 0.4) is 0 Å². The number of hydrogen-bond donors (Lipinski definition) is 1. The molecule has 104 valence electrons. The van der Waals surface area contributed by atoms with Crippen LogP contribution in [-0.4, -0.2) is 6.10 Å². The number of ether oxygens (including phenoxy) is 1. The number of nitrogens with two attached hydrogens (primary N) is 1. The summed E-state index contributed by atoms with van der Waals surface area (Å²) in [7, 11) is 0. The van der Waals surface area contributed by atoms with Gasteiger partial charge in [0.15, 0.2) is 0 Å². The zero-order valence-electron chi connectivity index (χ0n) is 11.5. The van der Waals surface area contributed by atoms with E-state index in [1.807, 2.05) is 12.1 Å². The third-order valence-electron chi connectivity index (χ3n) is 3.72. The van der Waals surface area contributed by atoms with Crippen LogP contribution >= 0.6 is 0 Å². The number of halogens is 1. The molecule has 3 rings (SSSR count). The molecule has 2 aromatic rings. The third-order valence-corrected chi connectivity index (χ3v) is 3.72. The summed E-state index contributed by atoms with van der Waals surface area (Å²) in [5.41, 5.74) is 9.63. The van der Waals surface area contributed by atoms with Crippen molar-refractivity contribution in [3.8, 4) is 5.75 Å². The molecule has 0 radical (unpaired) electrons. The Kier molecular flexibility index (Phi) is 3.45. The second-order valence-corrected chi connectivity index (χ2v) is 5.44. The third kappa shape index (κ3) is 2.68. The summed E-state index contributed by atoms with van der Waals surface area (Å²) in [6, 6.07) is 12.6. The van der Waals surface area contributed by atoms with Gasteiger partial charge in [0.1, 0.15) is 17.7 Å². The van der Waals surface area contributed by atoms with Crippen molar-refractivity contribution in [3.05, 3.63) is 65.0 Å². The maximum Gasteiger partial charge on any atom is 0.123 e. The molecule has 0 saturated heterocycles. The lowest BCUT2D eigenvalue weighted by Crippen LogP contribution is -2.13. The summed E-state index contributed by atoms with van der Waals surface area (Å²) in [6.45, 7) is 2.07. The van der Waals surface area contributed by atoms with E-state index in [1.54, 1.807) is 12.1 Å². The van der Waals surface area contributed by atoms with Gasteiger partial charge in [0.25, 0.3) is 0 Å². The van der Waals surface area contributed by atoms with E-state index in [2.05, 4.69) is 13.0 Å². The minimum atomic E-state index is -0.217. The van der Waals surface area contributed by atoms with Gasteiger partial charge in [-0.25, -0.2) is 4.39 Å². The SMILES string of the molecule is CC1Cc2cc(C(N)Cc3ccc(F)cc3)ccc2O1. The van der Waals surface area contributed by atoms with Crippen molar-refractivity contribution in [1.29, 1.82) is 0 Å². The number of fused-ring (bicyclic) bond motifs is 1. The van der Waals surface area contributed by atoms with E-state index >= 15 is 0 Å². The van der Waals surface area contributed by atoms with Crippen LogP contribution in [-0.2, 0) is 12.8 Å². The highest BCUT2D eigenvalue weighted by atomic mass is 19.1. The monoisotopic (exact) mass is 271 g/mol. The van der Waals surface area contributed by atoms with Crippen LogP contribution < -0.4 is 10.5 Å². The van der Waals surface area contributed by atoms with E-state index in [4.69, 9.17) is 10.5 Å². The maximum atomic E-state index is 12.9. The van der Waals surface area contributed by atoms with Gasteiger partial charge in [0.05, 0.1) is 0 Å². The highest BCUT2D eigenvalue weighted by molar-refractivity contribution is 5.41. The molecule has 0 saturated carbocycles. The lowest BCUT2D eigenvalue weighted by atomic mass is 9.97. The molecule has 0 bridgehead atoms. The Morgan fingerprint density at radius 3 is 2.75 bits per heavy atom. The van der Waals surface area contributed by atoms with Crippen molar-refractivity contribution in [2.75, 3.05) is 0 Å². The van der Waals surface area contributed by atoms with E-state index in [1.165, 1.54) is 17.7 Å². The molecule has 20 heavy (non-hydrogen) atoms. The summed E-state index contributed by atoms with van der Waals surface area (Å²) in [4.78, 5) is 0. The van der Waals surface area contributed by atoms with Gasteiger partial charge in [-0.2, -0.15) is 0 Å². The average molecular weight is 271 g/mol. The smallest absolute Gasteiger partial charge is 0.123 e. The Bertz CT molecular complexity index is 609. The predicted molar refractivity (Wildman–Crippen MR) is 77.3 cm³/mol. The van der Waals surface area contributed by atoms with Crippen LogP contribution in [0, 0.1) is 5.82 Å². The Balaban J connectivity index is 1.76. The molecule has 0 aliphatic carbocycles. The lowest BCUT2D eigenvalue weighted by molar-refractivity contribution is 0.254. The van der Waals surface area contributed by atoms with Crippen molar-refractivity contribution >= 4 is 0 Å². The molecule has 0 aromatic heterocycles. The predicted octanol–water partition coefficient (Wildman–Crippen LogP) is 3.39. The van der Waals surface area contributed by atoms with Crippen molar-refractivity contribution in [2.45, 2.75) is 31.9 Å². The molecule has 1 heterocycles. The first kappa shape index (κ1) is 13.1. The van der Waals surface area contributed by atoms with Crippen molar-refractivity contribution in [1.82, 2.24) is 0 Å². The van der Waals surface area contributed by atoms with Crippen LogP contribution in [0.25, 0.3) is 0 Å². The van der Waals surface area contributed by atoms with Gasteiger partial charge in [-0.05, 0) is 48.2 Å². The maximum absolute atomic E-state index is 12.9. The highest BCUT2D eigenvalue weighted by Crippen LogP contribution is 2.31. The van der Waals surface area contributed by atoms with Crippen LogP contribution in [0.1, 0.15) is 29.7 Å². The fourth-order valence-corrected chi connectivity index (χ4v) is 2.66. The molecule has 1 aliphatic rings. The molecule has 2 atom stereocenters. The van der Waals surface area contributed by atoms with Gasteiger partial charge in [-0.15, -0.1) is 0 Å². The van der Waals surface area contributed by atoms with Crippen molar-refractivity contribution in [3.63, 3.8) is 0 Å². The normalized spacial score (nSPS) is 18.4. The first-order valence-corrected chi connectivity index (χ1v) is 6.91. The molecule has 2 unspecified atom stereocenters. The zero-order chi connectivity index (χ0) is 14.1. The van der Waals surface area contributed by atoms with Gasteiger partial charge in [-0.1, -0.05) is 24.3 Å². The molecule has 0 amide bonds. The quantitative estimate of drug-likeness (QED) is 0.928. The molecular formula is C17H18FNO. The number of benzene rings is 2. The summed E-state index contributed by atoms with van der Waals surface area (Å²) in [5.74, 6) is 0.751. The number of hydrogen-bond acceptors (Lipinski definition) is 2. The molecular weight excluding hydrogens is 253 g/mol. The van der Waals surface area contributed by atoms with E-state index in [0.29, 0.717) is 6.42 Å². The molecule has 3 heteroatoms. The van der Waals surface area contributed by atoms with Crippen LogP contribution in [0.4, 0.5) is 4.39 Å². The summed E-state index contributed by atoms with van der Waals surface area (Å²) in [6.07, 6.45) is 1.88. The minimum Gasteiger partial charge on any atom is -0.490 e. The van der Waals surface area contributed by atoms with E-state index < -0.39 is 0 Å². The average Bonchev–Trinajstić information content (AvgIpc) is 2.80. The highest BCUT2D eigenvalue weighted by Gasteiger charge is 2.20. The molecule has 2 aromatic carbocycles. The van der Waals surface area contributed by atoms with Gasteiger partial charge in [-0.3, -0.25) is 0 Å². The zero-order valence-corrected chi connectivity index (χ0v) is 11.5. The second kappa shape index (κ2) is 5.25. The van der Waals surface area contributed by atoms with Gasteiger partial charge in [0, 0.05) is 12.5 Å². The first-order chi connectivity index (χ1) is 9.61. The minimum absolute atomic E-state index is 0.0818. The van der Waals surface area contributed by atoms with Gasteiger partial charge < -0.3 is 10.5 Å². The summed E-state index contributed by atoms with van der Waals surface area (Å²) < 4.78 is 18.6. The number of rotatable bonds is 3. The lowest BCUT2D eigenvalue weighted by Gasteiger charge is -2.13. The fraction of sp³-hybridized carbons (Fsp3) is 0.294. The van der Waals surface area contributed by atoms with Crippen LogP contribution in [0.2, 0.25) is 0 Å². The van der Waals surface area contributed by atoms with Gasteiger partial charge in [0.2, 0.25) is 0 Å². The summed E-state index contributed by atoms with van der Waals surface area (Å²) >= 11 is 0. The molecule has 0 fully saturated rings. The molecule has 1 aliphatic heterocycles. The standard InChI is InChI=1S/C17H18FNO/c1-11-8-14-10-13(4-7-17(14)20-11)16(19)9-12-2-5-15(18)6-3-12/h2-7,10-11,16H,8-9,19H2,1H3. The first-order valence-electron chi connectivity index (χ1n) is 6.91. The Morgan fingerprint density at radius 2 is 2.00 bits per heavy atom. The molecule has 2 N–H and O–H groups in total. The van der Waals surface area contributed by atoms with Crippen molar-refractivity contribution in [2.24, 2.45) is 5.73 Å². The van der Waals surface area contributed by atoms with E-state index in [9.17, 15) is 4.39 Å².